The second-order valence-electron chi connectivity index (χ2n) is 7.69. The minimum Gasteiger partial charge on any atom is -0.457 e. The first-order valence-electron chi connectivity index (χ1n) is 10.3. The lowest BCUT2D eigenvalue weighted by Gasteiger charge is -2.10. The van der Waals surface area contributed by atoms with Gasteiger partial charge < -0.3 is 9.30 Å². The average molecular weight is 438 g/mol. The van der Waals surface area contributed by atoms with Gasteiger partial charge in [0.15, 0.2) is 12.4 Å². The number of rotatable bonds is 9. The van der Waals surface area contributed by atoms with E-state index in [0.29, 0.717) is 17.7 Å². The molecule has 0 amide bonds. The molecule has 0 N–H and O–H groups in total. The van der Waals surface area contributed by atoms with Crippen LogP contribution >= 0.6 is 11.3 Å². The van der Waals surface area contributed by atoms with Crippen LogP contribution < -0.4 is 0 Å². The first-order chi connectivity index (χ1) is 14.8. The Hall–Kier alpha value is -2.99. The standard InChI is InChI=1S/C25H27NO4S/c1-16-12-21(18(3)26(16)14-20-8-6-5-7-9-20)24(28)15-30-25(29)11-10-23(27)22-13-17(2)31-19(22)4/h5-9,12-13H,10-11,14-15H2,1-4H3. The number of thiophene rings is 1. The van der Waals surface area contributed by atoms with Gasteiger partial charge in [-0.15, -0.1) is 11.3 Å². The van der Waals surface area contributed by atoms with Gasteiger partial charge in [0.05, 0.1) is 6.42 Å². The van der Waals surface area contributed by atoms with E-state index in [4.69, 9.17) is 4.74 Å². The lowest BCUT2D eigenvalue weighted by Crippen LogP contribution is -2.16. The van der Waals surface area contributed by atoms with Crippen molar-refractivity contribution in [2.75, 3.05) is 6.61 Å². The van der Waals surface area contributed by atoms with E-state index >= 15 is 0 Å². The van der Waals surface area contributed by atoms with Crippen LogP contribution in [0.1, 0.15) is 60.3 Å². The molecule has 2 heterocycles. The molecular formula is C25H27NO4S. The summed E-state index contributed by atoms with van der Waals surface area (Å²) in [5.74, 6) is -0.852. The molecule has 2 aromatic heterocycles. The second kappa shape index (κ2) is 9.88. The molecule has 0 fully saturated rings. The Bertz CT molecular complexity index is 1110. The molecule has 1 aromatic carbocycles. The molecule has 3 rings (SSSR count). The molecule has 0 atom stereocenters. The molecule has 0 bridgehead atoms. The second-order valence-corrected chi connectivity index (χ2v) is 9.15. The molecule has 0 aliphatic carbocycles. The topological polar surface area (TPSA) is 65.4 Å². The molecule has 31 heavy (non-hydrogen) atoms. The highest BCUT2D eigenvalue weighted by atomic mass is 32.1. The summed E-state index contributed by atoms with van der Waals surface area (Å²) in [7, 11) is 0. The van der Waals surface area contributed by atoms with Gasteiger partial charge in [0, 0.05) is 45.2 Å². The van der Waals surface area contributed by atoms with E-state index in [9.17, 15) is 14.4 Å². The molecule has 162 valence electrons. The molecule has 0 radical (unpaired) electrons. The van der Waals surface area contributed by atoms with Crippen LogP contribution in [0.5, 0.6) is 0 Å². The Morgan fingerprint density at radius 3 is 2.26 bits per heavy atom. The summed E-state index contributed by atoms with van der Waals surface area (Å²) in [5, 5.41) is 0. The molecule has 0 unspecified atom stereocenters. The van der Waals surface area contributed by atoms with Gasteiger partial charge in [-0.1, -0.05) is 30.3 Å². The van der Waals surface area contributed by atoms with Gasteiger partial charge in [-0.2, -0.15) is 0 Å². The molecule has 3 aromatic rings. The molecule has 0 aliphatic heterocycles. The number of aromatic nitrogens is 1. The maximum absolute atomic E-state index is 12.6. The van der Waals surface area contributed by atoms with Crippen molar-refractivity contribution in [1.82, 2.24) is 4.57 Å². The summed E-state index contributed by atoms with van der Waals surface area (Å²) < 4.78 is 7.23. The van der Waals surface area contributed by atoms with E-state index in [-0.39, 0.29) is 31.0 Å². The Kier molecular flexibility index (Phi) is 7.23. The first kappa shape index (κ1) is 22.7. The predicted octanol–water partition coefficient (Wildman–Crippen LogP) is 5.22. The zero-order chi connectivity index (χ0) is 22.5. The highest BCUT2D eigenvalue weighted by Gasteiger charge is 2.19. The molecule has 6 heteroatoms. The quantitative estimate of drug-likeness (QED) is 0.340. The fourth-order valence-corrected chi connectivity index (χ4v) is 4.59. The van der Waals surface area contributed by atoms with Crippen LogP contribution in [-0.4, -0.2) is 28.7 Å². The van der Waals surface area contributed by atoms with Crippen LogP contribution in [0.4, 0.5) is 0 Å². The number of esters is 1. The minimum absolute atomic E-state index is 0.0342. The fourth-order valence-electron chi connectivity index (χ4n) is 3.65. The van der Waals surface area contributed by atoms with E-state index in [1.165, 1.54) is 0 Å². The molecular weight excluding hydrogens is 410 g/mol. The number of hydrogen-bond donors (Lipinski definition) is 0. The first-order valence-corrected chi connectivity index (χ1v) is 11.1. The number of aryl methyl sites for hydroxylation is 3. The number of Topliss-reactive ketones (excluding diaryl/α,β-unsaturated/α-hetero) is 2. The summed E-state index contributed by atoms with van der Waals surface area (Å²) in [4.78, 5) is 39.0. The van der Waals surface area contributed by atoms with Crippen molar-refractivity contribution in [2.24, 2.45) is 0 Å². The van der Waals surface area contributed by atoms with E-state index in [2.05, 4.69) is 4.57 Å². The zero-order valence-corrected chi connectivity index (χ0v) is 19.2. The van der Waals surface area contributed by atoms with Gasteiger partial charge >= 0.3 is 5.97 Å². The zero-order valence-electron chi connectivity index (χ0n) is 18.4. The van der Waals surface area contributed by atoms with Crippen LogP contribution in [0.3, 0.4) is 0 Å². The third-order valence-corrected chi connectivity index (χ3v) is 6.29. The summed E-state index contributed by atoms with van der Waals surface area (Å²) >= 11 is 1.56. The third-order valence-electron chi connectivity index (χ3n) is 5.32. The van der Waals surface area contributed by atoms with Crippen molar-refractivity contribution < 1.29 is 19.1 Å². The van der Waals surface area contributed by atoms with E-state index < -0.39 is 5.97 Å². The van der Waals surface area contributed by atoms with Gasteiger partial charge in [0.2, 0.25) is 5.78 Å². The number of carbonyl (C=O) groups is 3. The molecule has 0 aliphatic rings. The van der Waals surface area contributed by atoms with Crippen LogP contribution in [0.2, 0.25) is 0 Å². The number of ether oxygens (including phenoxy) is 1. The number of benzene rings is 1. The van der Waals surface area contributed by atoms with Crippen LogP contribution in [0.25, 0.3) is 0 Å². The smallest absolute Gasteiger partial charge is 0.306 e. The maximum Gasteiger partial charge on any atom is 0.306 e. The lowest BCUT2D eigenvalue weighted by molar-refractivity contribution is -0.142. The monoisotopic (exact) mass is 437 g/mol. The number of carbonyl (C=O) groups excluding carboxylic acids is 3. The summed E-state index contributed by atoms with van der Waals surface area (Å²) in [6.07, 6.45) is 0.0447. The van der Waals surface area contributed by atoms with Crippen molar-refractivity contribution in [1.29, 1.82) is 0 Å². The summed E-state index contributed by atoms with van der Waals surface area (Å²) in [6, 6.07) is 13.7. The number of ketones is 2. The number of hydrogen-bond acceptors (Lipinski definition) is 5. The minimum atomic E-state index is -0.538. The molecule has 0 spiro atoms. The lowest BCUT2D eigenvalue weighted by atomic mass is 10.1. The van der Waals surface area contributed by atoms with Crippen LogP contribution in [0, 0.1) is 27.7 Å². The van der Waals surface area contributed by atoms with Gasteiger partial charge in [-0.25, -0.2) is 0 Å². The summed E-state index contributed by atoms with van der Waals surface area (Å²) in [6.45, 7) is 8.06. The van der Waals surface area contributed by atoms with Crippen molar-refractivity contribution in [3.8, 4) is 0 Å². The highest BCUT2D eigenvalue weighted by molar-refractivity contribution is 7.12. The van der Waals surface area contributed by atoms with E-state index in [1.54, 1.807) is 11.3 Å². The largest absolute Gasteiger partial charge is 0.457 e. The van der Waals surface area contributed by atoms with Gasteiger partial charge in [0.1, 0.15) is 0 Å². The van der Waals surface area contributed by atoms with Crippen molar-refractivity contribution >= 4 is 28.9 Å². The van der Waals surface area contributed by atoms with Crippen molar-refractivity contribution in [2.45, 2.75) is 47.1 Å². The van der Waals surface area contributed by atoms with Crippen LogP contribution in [0.15, 0.2) is 42.5 Å². The Morgan fingerprint density at radius 1 is 0.903 bits per heavy atom. The fraction of sp³-hybridized carbons (Fsp3) is 0.320. The molecule has 0 saturated heterocycles. The van der Waals surface area contributed by atoms with Gasteiger partial charge in [-0.3, -0.25) is 14.4 Å². The predicted molar refractivity (Wildman–Crippen MR) is 122 cm³/mol. The molecule has 0 saturated carbocycles. The normalized spacial score (nSPS) is 10.8. The third kappa shape index (κ3) is 5.58. The molecule has 5 nitrogen and oxygen atoms in total. The highest BCUT2D eigenvalue weighted by Crippen LogP contribution is 2.22. The van der Waals surface area contributed by atoms with Crippen LogP contribution in [-0.2, 0) is 16.1 Å². The maximum atomic E-state index is 12.6. The van der Waals surface area contributed by atoms with Gasteiger partial charge in [0.25, 0.3) is 0 Å². The van der Waals surface area contributed by atoms with E-state index in [1.807, 2.05) is 70.2 Å². The van der Waals surface area contributed by atoms with Crippen molar-refractivity contribution in [3.05, 3.63) is 80.3 Å². The number of nitrogens with zero attached hydrogens (tertiary/aromatic N) is 1. The van der Waals surface area contributed by atoms with E-state index in [0.717, 1.165) is 26.7 Å². The van der Waals surface area contributed by atoms with Gasteiger partial charge in [-0.05, 0) is 45.4 Å². The Morgan fingerprint density at radius 2 is 1.61 bits per heavy atom. The summed E-state index contributed by atoms with van der Waals surface area (Å²) in [5.41, 5.74) is 4.19. The SMILES string of the molecule is Cc1cc(C(=O)CCC(=O)OCC(=O)c2cc(C)n(Cc3ccccc3)c2C)c(C)s1. The average Bonchev–Trinajstić information content (AvgIpc) is 3.23. The Balaban J connectivity index is 1.54. The van der Waals surface area contributed by atoms with Crippen molar-refractivity contribution in [3.63, 3.8) is 0 Å². The Labute approximate surface area is 186 Å².